The van der Waals surface area contributed by atoms with Crippen molar-refractivity contribution in [1.82, 2.24) is 0 Å². The third kappa shape index (κ3) is 5.35. The molecule has 0 saturated heterocycles. The smallest absolute Gasteiger partial charge is 0.383 e. The molecule has 0 bridgehead atoms. The maximum Gasteiger partial charge on any atom is 0.418 e. The Labute approximate surface area is 194 Å². The molecule has 0 saturated carbocycles. The second kappa shape index (κ2) is 10.1. The number of alkyl halides is 3. The molecule has 0 aromatic heterocycles. The Balaban J connectivity index is 2.24. The van der Waals surface area contributed by atoms with Crippen LogP contribution in [0.25, 0.3) is 0 Å². The Bertz CT molecular complexity index is 1070. The second-order valence-corrected chi connectivity index (χ2v) is 11.3. The van der Waals surface area contributed by atoms with Gasteiger partial charge in [-0.25, -0.2) is 4.99 Å². The molecule has 3 rings (SSSR count). The van der Waals surface area contributed by atoms with Gasteiger partial charge >= 0.3 is 6.18 Å². The van der Waals surface area contributed by atoms with Crippen LogP contribution in [0.1, 0.15) is 5.56 Å². The summed E-state index contributed by atoms with van der Waals surface area (Å²) in [7, 11) is 6.42. The topological polar surface area (TPSA) is 37.3 Å². The molecular formula is C21H25F3IN3O2S. The van der Waals surface area contributed by atoms with E-state index in [2.05, 4.69) is 26.2 Å². The standard InChI is InChI=1S/C21H25F3IN3O2S/c1-27(2)14-5-6-17-18(12-14)31(25)19-13-15(28(7-9-29-3)8-10-30-4)11-16(20(19)26-17)21(22,23)24/h5-6,11-13H,7-10H2,1-4H3. The maximum atomic E-state index is 14.1. The van der Waals surface area contributed by atoms with Crippen molar-refractivity contribution in [2.45, 2.75) is 11.1 Å². The van der Waals surface area contributed by atoms with Crippen LogP contribution >= 0.6 is 28.9 Å². The van der Waals surface area contributed by atoms with E-state index in [-0.39, 0.29) is 5.69 Å². The molecule has 1 aliphatic rings. The highest BCUT2D eigenvalue weighted by Gasteiger charge is 2.36. The molecule has 2 aromatic rings. The predicted molar refractivity (Wildman–Crippen MR) is 128 cm³/mol. The number of rotatable bonds is 8. The van der Waals surface area contributed by atoms with Gasteiger partial charge in [0.25, 0.3) is 0 Å². The van der Waals surface area contributed by atoms with Crippen LogP contribution in [0.5, 0.6) is 0 Å². The van der Waals surface area contributed by atoms with Gasteiger partial charge in [0.1, 0.15) is 0 Å². The fourth-order valence-electron chi connectivity index (χ4n) is 3.27. The Kier molecular flexibility index (Phi) is 7.87. The SMILES string of the molecule is COCCN(CCOC)c1cc2c(c(C(F)(F)F)c1)N=c1ccc(N(C)C)cc1=S2I. The molecule has 1 atom stereocenters. The fraction of sp³-hybridized carbons (Fsp3) is 0.429. The van der Waals surface area contributed by atoms with Crippen LogP contribution in [0.2, 0.25) is 0 Å². The first-order chi connectivity index (χ1) is 14.7. The number of anilines is 2. The Morgan fingerprint density at radius 1 is 1.00 bits per heavy atom. The zero-order valence-corrected chi connectivity index (χ0v) is 20.8. The van der Waals surface area contributed by atoms with Crippen LogP contribution in [-0.4, -0.2) is 54.6 Å². The lowest BCUT2D eigenvalue weighted by Crippen LogP contribution is -2.31. The minimum Gasteiger partial charge on any atom is -0.383 e. The number of halogens is 4. The number of hydrogen-bond donors (Lipinski definition) is 0. The van der Waals surface area contributed by atoms with Crippen molar-refractivity contribution < 1.29 is 22.6 Å². The zero-order valence-electron chi connectivity index (χ0n) is 17.8. The second-order valence-electron chi connectivity index (χ2n) is 7.23. The molecule has 1 aliphatic heterocycles. The third-order valence-corrected chi connectivity index (χ3v) is 9.20. The van der Waals surface area contributed by atoms with E-state index in [0.29, 0.717) is 42.2 Å². The summed E-state index contributed by atoms with van der Waals surface area (Å²) in [6, 6.07) is 8.70. The highest BCUT2D eigenvalue weighted by atomic mass is 127. The first-order valence-corrected chi connectivity index (χ1v) is 13.4. The molecule has 10 heteroatoms. The van der Waals surface area contributed by atoms with Crippen molar-refractivity contribution in [3.63, 3.8) is 0 Å². The summed E-state index contributed by atoms with van der Waals surface area (Å²) in [5, 5.41) is 0.588. The molecule has 0 fully saturated rings. The van der Waals surface area contributed by atoms with Crippen molar-refractivity contribution in [1.29, 1.82) is 0 Å². The first-order valence-electron chi connectivity index (χ1n) is 9.59. The number of hydrogen-bond acceptors (Lipinski definition) is 5. The summed E-state index contributed by atoms with van der Waals surface area (Å²) in [5.41, 5.74) is 0.784. The first kappa shape index (κ1) is 24.3. The Morgan fingerprint density at radius 2 is 1.65 bits per heavy atom. The zero-order chi connectivity index (χ0) is 22.8. The fourth-order valence-corrected chi connectivity index (χ4v) is 6.65. The normalized spacial score (nSPS) is 15.2. The average molecular weight is 567 g/mol. The average Bonchev–Trinajstić information content (AvgIpc) is 2.72. The van der Waals surface area contributed by atoms with E-state index in [1.807, 2.05) is 42.1 Å². The van der Waals surface area contributed by atoms with E-state index in [4.69, 9.17) is 9.47 Å². The number of methoxy groups -OCH3 is 2. The number of fused-ring (bicyclic) bond motifs is 2. The number of nitrogens with zero attached hydrogens (tertiary/aromatic N) is 3. The lowest BCUT2D eigenvalue weighted by Gasteiger charge is -2.27. The van der Waals surface area contributed by atoms with E-state index in [1.165, 1.54) is 6.07 Å². The van der Waals surface area contributed by atoms with Gasteiger partial charge in [-0.15, -0.1) is 0 Å². The highest BCUT2D eigenvalue weighted by molar-refractivity contribution is 14.2. The van der Waals surface area contributed by atoms with Gasteiger partial charge in [0.05, 0.1) is 29.8 Å². The van der Waals surface area contributed by atoms with Crippen LogP contribution in [0.4, 0.5) is 30.2 Å². The molecule has 1 heterocycles. The summed E-state index contributed by atoms with van der Waals surface area (Å²) in [6.07, 6.45) is -4.51. The van der Waals surface area contributed by atoms with Gasteiger partial charge < -0.3 is 19.3 Å². The van der Waals surface area contributed by atoms with Crippen molar-refractivity contribution in [2.24, 2.45) is 4.99 Å². The van der Waals surface area contributed by atoms with Crippen molar-refractivity contribution in [3.8, 4) is 0 Å². The van der Waals surface area contributed by atoms with E-state index >= 15 is 0 Å². The molecule has 0 radical (unpaired) electrons. The van der Waals surface area contributed by atoms with E-state index in [0.717, 1.165) is 10.2 Å². The molecular weight excluding hydrogens is 542 g/mol. The number of ether oxygens (including phenoxy) is 2. The molecule has 31 heavy (non-hydrogen) atoms. The molecule has 0 aliphatic carbocycles. The van der Waals surface area contributed by atoms with Crippen LogP contribution in [0, 0.1) is 4.51 Å². The largest absolute Gasteiger partial charge is 0.418 e. The summed E-state index contributed by atoms with van der Waals surface area (Å²) in [6.45, 7) is 1.72. The van der Waals surface area contributed by atoms with Gasteiger partial charge in [-0.05, 0) is 51.5 Å². The van der Waals surface area contributed by atoms with Gasteiger partial charge in [0.15, 0.2) is 0 Å². The molecule has 0 amide bonds. The summed E-state index contributed by atoms with van der Waals surface area (Å²) < 4.78 is 53.4. The Morgan fingerprint density at radius 3 is 2.19 bits per heavy atom. The third-order valence-electron chi connectivity index (χ3n) is 4.94. The van der Waals surface area contributed by atoms with Gasteiger partial charge in [-0.1, -0.05) is 7.66 Å². The lowest BCUT2D eigenvalue weighted by molar-refractivity contribution is -0.137. The quantitative estimate of drug-likeness (QED) is 0.330. The molecule has 2 aromatic carbocycles. The minimum atomic E-state index is -4.51. The molecule has 5 nitrogen and oxygen atoms in total. The van der Waals surface area contributed by atoms with Crippen LogP contribution < -0.4 is 15.2 Å². The molecule has 1 unspecified atom stereocenters. The summed E-state index contributed by atoms with van der Waals surface area (Å²) in [5.74, 6) is 0. The maximum absolute atomic E-state index is 14.1. The van der Waals surface area contributed by atoms with Crippen molar-refractivity contribution in [2.75, 3.05) is 64.4 Å². The minimum absolute atomic E-state index is 0.0116. The molecule has 0 N–H and O–H groups in total. The molecule has 0 spiro atoms. The van der Waals surface area contributed by atoms with E-state index in [1.54, 1.807) is 20.3 Å². The molecule has 170 valence electrons. The monoisotopic (exact) mass is 567 g/mol. The van der Waals surface area contributed by atoms with Crippen molar-refractivity contribution >= 4 is 45.9 Å². The Hall–Kier alpha value is -1.37. The van der Waals surface area contributed by atoms with E-state index < -0.39 is 19.4 Å². The number of benzene rings is 2. The van der Waals surface area contributed by atoms with Crippen molar-refractivity contribution in [3.05, 3.63) is 45.8 Å². The summed E-state index contributed by atoms with van der Waals surface area (Å²) >= 11 is 2.24. The summed E-state index contributed by atoms with van der Waals surface area (Å²) in [4.78, 5) is 8.87. The highest BCUT2D eigenvalue weighted by Crippen LogP contribution is 2.51. The lowest BCUT2D eigenvalue weighted by atomic mass is 10.1. The van der Waals surface area contributed by atoms with E-state index in [9.17, 15) is 13.2 Å². The van der Waals surface area contributed by atoms with Gasteiger partial charge in [-0.2, -0.15) is 13.2 Å². The van der Waals surface area contributed by atoms with Gasteiger partial charge in [-0.3, -0.25) is 0 Å². The van der Waals surface area contributed by atoms with Gasteiger partial charge in [0.2, 0.25) is 0 Å². The van der Waals surface area contributed by atoms with Crippen LogP contribution in [0.3, 0.4) is 0 Å². The van der Waals surface area contributed by atoms with Crippen LogP contribution in [-0.2, 0) is 15.7 Å². The predicted octanol–water partition coefficient (Wildman–Crippen LogP) is 5.06. The van der Waals surface area contributed by atoms with Crippen LogP contribution in [0.15, 0.2) is 40.2 Å². The van der Waals surface area contributed by atoms with Gasteiger partial charge in [0, 0.05) is 62.2 Å².